The third-order valence-corrected chi connectivity index (χ3v) is 4.03. The van der Waals surface area contributed by atoms with Gasteiger partial charge in [-0.1, -0.05) is 11.6 Å². The van der Waals surface area contributed by atoms with Gasteiger partial charge in [0.05, 0.1) is 23.7 Å². The third kappa shape index (κ3) is 3.23. The smallest absolute Gasteiger partial charge is 0.341 e. The van der Waals surface area contributed by atoms with Crippen LogP contribution in [0.3, 0.4) is 0 Å². The fourth-order valence-corrected chi connectivity index (χ4v) is 2.73. The summed E-state index contributed by atoms with van der Waals surface area (Å²) in [5.74, 6) is -0.930. The number of hydrogen-bond acceptors (Lipinski definition) is 6. The number of carbonyl (C=O) groups is 2. The maximum atomic E-state index is 12.5. The van der Waals surface area contributed by atoms with Gasteiger partial charge < -0.3 is 10.1 Å². The van der Waals surface area contributed by atoms with Gasteiger partial charge in [0.25, 0.3) is 5.91 Å². The molecule has 8 nitrogen and oxygen atoms in total. The van der Waals surface area contributed by atoms with Gasteiger partial charge in [0.1, 0.15) is 5.56 Å². The van der Waals surface area contributed by atoms with Crippen LogP contribution >= 0.6 is 11.6 Å². The van der Waals surface area contributed by atoms with Gasteiger partial charge in [0, 0.05) is 12.3 Å². The van der Waals surface area contributed by atoms with Gasteiger partial charge in [0.2, 0.25) is 0 Å². The minimum Gasteiger partial charge on any atom is -0.462 e. The number of aryl methyl sites for hydroxylation is 2. The van der Waals surface area contributed by atoms with E-state index < -0.39 is 11.9 Å². The molecule has 0 saturated heterocycles. The van der Waals surface area contributed by atoms with Crippen molar-refractivity contribution >= 4 is 34.8 Å². The van der Waals surface area contributed by atoms with Crippen molar-refractivity contribution in [3.05, 3.63) is 52.2 Å². The molecular weight excluding hydrogens is 358 g/mol. The van der Waals surface area contributed by atoms with Crippen LogP contribution in [0, 0.1) is 13.8 Å². The number of anilines is 1. The lowest BCUT2D eigenvalue weighted by Gasteiger charge is -2.09. The molecule has 3 aromatic rings. The summed E-state index contributed by atoms with van der Waals surface area (Å²) in [4.78, 5) is 32.9. The van der Waals surface area contributed by atoms with Crippen molar-refractivity contribution in [2.75, 3.05) is 11.9 Å². The Labute approximate surface area is 154 Å². The van der Waals surface area contributed by atoms with E-state index in [1.165, 1.54) is 16.8 Å². The molecular formula is C17H16ClN5O3. The topological polar surface area (TPSA) is 98.5 Å². The Morgan fingerprint density at radius 1 is 1.35 bits per heavy atom. The lowest BCUT2D eigenvalue weighted by Crippen LogP contribution is -2.15. The maximum absolute atomic E-state index is 12.5. The van der Waals surface area contributed by atoms with E-state index in [4.69, 9.17) is 16.3 Å². The largest absolute Gasteiger partial charge is 0.462 e. The van der Waals surface area contributed by atoms with E-state index in [1.54, 1.807) is 32.9 Å². The van der Waals surface area contributed by atoms with Crippen molar-refractivity contribution in [1.82, 2.24) is 19.6 Å². The second-order valence-electron chi connectivity index (χ2n) is 5.47. The van der Waals surface area contributed by atoms with Gasteiger partial charge in [-0.15, -0.1) is 0 Å². The molecule has 0 atom stereocenters. The maximum Gasteiger partial charge on any atom is 0.341 e. The van der Waals surface area contributed by atoms with Gasteiger partial charge >= 0.3 is 5.97 Å². The van der Waals surface area contributed by atoms with E-state index in [0.29, 0.717) is 28.3 Å². The minimum absolute atomic E-state index is 0.140. The van der Waals surface area contributed by atoms with Crippen molar-refractivity contribution in [3.63, 3.8) is 0 Å². The van der Waals surface area contributed by atoms with Gasteiger partial charge in [-0.25, -0.2) is 19.3 Å². The Morgan fingerprint density at radius 3 is 2.81 bits per heavy atom. The molecule has 0 spiro atoms. The average molecular weight is 374 g/mol. The standard InChI is InChI=1S/C17H16ClN5O3/c1-4-26-17(25)14-9(2)20-13-8-12(22-23(13)10(14)3)16(24)21-11-6-5-7-19-15(11)18/h5-8H,4H2,1-3H3,(H,21,24). The molecule has 0 aromatic carbocycles. The van der Waals surface area contributed by atoms with E-state index in [1.807, 2.05) is 0 Å². The van der Waals surface area contributed by atoms with Crippen LogP contribution in [0.25, 0.3) is 5.65 Å². The first-order chi connectivity index (χ1) is 12.4. The number of carbonyl (C=O) groups excluding carboxylic acids is 2. The van der Waals surface area contributed by atoms with E-state index in [-0.39, 0.29) is 17.5 Å². The first-order valence-electron chi connectivity index (χ1n) is 7.88. The van der Waals surface area contributed by atoms with Crippen LogP contribution in [-0.4, -0.2) is 38.1 Å². The van der Waals surface area contributed by atoms with Crippen molar-refractivity contribution in [1.29, 1.82) is 0 Å². The predicted octanol–water partition coefficient (Wildman–Crippen LogP) is 2.82. The van der Waals surface area contributed by atoms with Crippen LogP contribution in [0.2, 0.25) is 5.15 Å². The summed E-state index contributed by atoms with van der Waals surface area (Å²) in [5, 5.41) is 7.08. The number of fused-ring (bicyclic) bond motifs is 1. The second-order valence-corrected chi connectivity index (χ2v) is 5.83. The van der Waals surface area contributed by atoms with Crippen LogP contribution in [0.4, 0.5) is 5.69 Å². The zero-order valence-electron chi connectivity index (χ0n) is 14.4. The van der Waals surface area contributed by atoms with Crippen LogP contribution in [0.5, 0.6) is 0 Å². The van der Waals surface area contributed by atoms with Crippen LogP contribution in [-0.2, 0) is 4.74 Å². The zero-order chi connectivity index (χ0) is 18.8. The van der Waals surface area contributed by atoms with E-state index >= 15 is 0 Å². The summed E-state index contributed by atoms with van der Waals surface area (Å²) in [5.41, 5.74) is 2.37. The summed E-state index contributed by atoms with van der Waals surface area (Å²) in [7, 11) is 0. The summed E-state index contributed by atoms with van der Waals surface area (Å²) < 4.78 is 6.51. The van der Waals surface area contributed by atoms with Crippen molar-refractivity contribution in [3.8, 4) is 0 Å². The number of amides is 1. The molecule has 0 aliphatic rings. The van der Waals surface area contributed by atoms with E-state index in [2.05, 4.69) is 20.4 Å². The predicted molar refractivity (Wildman–Crippen MR) is 95.6 cm³/mol. The van der Waals surface area contributed by atoms with Crippen LogP contribution in [0.1, 0.15) is 39.2 Å². The van der Waals surface area contributed by atoms with Gasteiger partial charge in [-0.05, 0) is 32.9 Å². The molecule has 0 radical (unpaired) electrons. The monoisotopic (exact) mass is 373 g/mol. The quantitative estimate of drug-likeness (QED) is 0.557. The first kappa shape index (κ1) is 17.8. The molecule has 26 heavy (non-hydrogen) atoms. The molecule has 3 heterocycles. The number of ether oxygens (including phenoxy) is 1. The molecule has 0 aliphatic heterocycles. The fourth-order valence-electron chi connectivity index (χ4n) is 2.57. The highest BCUT2D eigenvalue weighted by Gasteiger charge is 2.21. The van der Waals surface area contributed by atoms with E-state index in [0.717, 1.165) is 0 Å². The van der Waals surface area contributed by atoms with Crippen LogP contribution < -0.4 is 5.32 Å². The summed E-state index contributed by atoms with van der Waals surface area (Å²) in [6.07, 6.45) is 1.52. The van der Waals surface area contributed by atoms with Crippen LogP contribution in [0.15, 0.2) is 24.4 Å². The Balaban J connectivity index is 1.99. The average Bonchev–Trinajstić information content (AvgIpc) is 3.01. The molecule has 0 saturated carbocycles. The first-order valence-corrected chi connectivity index (χ1v) is 8.26. The third-order valence-electron chi connectivity index (χ3n) is 3.73. The Kier molecular flexibility index (Phi) is 4.85. The van der Waals surface area contributed by atoms with Gasteiger partial charge in [-0.2, -0.15) is 5.10 Å². The Hall–Kier alpha value is -3.00. The van der Waals surface area contributed by atoms with Crippen molar-refractivity contribution in [2.45, 2.75) is 20.8 Å². The summed E-state index contributed by atoms with van der Waals surface area (Å²) >= 11 is 5.95. The SMILES string of the molecule is CCOC(=O)c1c(C)nc2cc(C(=O)Nc3cccnc3Cl)nn2c1C. The van der Waals surface area contributed by atoms with Crippen molar-refractivity contribution in [2.24, 2.45) is 0 Å². The lowest BCUT2D eigenvalue weighted by molar-refractivity contribution is 0.0523. The zero-order valence-corrected chi connectivity index (χ0v) is 15.2. The second kappa shape index (κ2) is 7.09. The highest BCUT2D eigenvalue weighted by molar-refractivity contribution is 6.32. The molecule has 0 unspecified atom stereocenters. The van der Waals surface area contributed by atoms with Gasteiger partial charge in [0.15, 0.2) is 16.5 Å². The number of halogens is 1. The molecule has 9 heteroatoms. The number of rotatable bonds is 4. The lowest BCUT2D eigenvalue weighted by atomic mass is 10.2. The molecule has 0 aliphatic carbocycles. The normalized spacial score (nSPS) is 10.8. The number of esters is 1. The Bertz CT molecular complexity index is 1020. The van der Waals surface area contributed by atoms with E-state index in [9.17, 15) is 9.59 Å². The molecule has 0 fully saturated rings. The molecule has 1 N–H and O–H groups in total. The fraction of sp³-hybridized carbons (Fsp3) is 0.235. The number of pyridine rings is 1. The number of aromatic nitrogens is 4. The Morgan fingerprint density at radius 2 is 2.12 bits per heavy atom. The molecule has 0 bridgehead atoms. The number of hydrogen-bond donors (Lipinski definition) is 1. The molecule has 3 aromatic heterocycles. The number of nitrogens with one attached hydrogen (secondary N) is 1. The molecule has 134 valence electrons. The van der Waals surface area contributed by atoms with Gasteiger partial charge in [-0.3, -0.25) is 4.79 Å². The minimum atomic E-state index is -0.472. The molecule has 1 amide bonds. The summed E-state index contributed by atoms with van der Waals surface area (Å²) in [6.45, 7) is 5.42. The number of nitrogens with zero attached hydrogens (tertiary/aromatic N) is 4. The summed E-state index contributed by atoms with van der Waals surface area (Å²) in [6, 6.07) is 4.83. The highest BCUT2D eigenvalue weighted by atomic mass is 35.5. The molecule has 3 rings (SSSR count). The van der Waals surface area contributed by atoms with Crippen molar-refractivity contribution < 1.29 is 14.3 Å². The highest BCUT2D eigenvalue weighted by Crippen LogP contribution is 2.20.